The van der Waals surface area contributed by atoms with Gasteiger partial charge in [-0.05, 0) is 60.2 Å². The smallest absolute Gasteiger partial charge is 0.252 e. The van der Waals surface area contributed by atoms with Crippen molar-refractivity contribution in [2.24, 2.45) is 11.5 Å². The van der Waals surface area contributed by atoms with Gasteiger partial charge in [-0.1, -0.05) is 44.2 Å². The number of nitrogens with two attached hydrogens (primary N) is 2. The van der Waals surface area contributed by atoms with Gasteiger partial charge in [0.25, 0.3) is 11.8 Å². The van der Waals surface area contributed by atoms with Crippen LogP contribution in [-0.4, -0.2) is 57.3 Å². The maximum Gasteiger partial charge on any atom is 0.252 e. The molecule has 0 bridgehead atoms. The minimum atomic E-state index is -0.572. The van der Waals surface area contributed by atoms with Gasteiger partial charge in [-0.3, -0.25) is 19.6 Å². The van der Waals surface area contributed by atoms with E-state index < -0.39 is 11.8 Å². The van der Waals surface area contributed by atoms with Crippen LogP contribution in [0.15, 0.2) is 79.1 Å². The second-order valence-electron chi connectivity index (χ2n) is 12.9. The molecule has 1 unspecified atom stereocenters. The first-order valence-electron chi connectivity index (χ1n) is 17.9. The number of nitrogens with zero attached hydrogens (tertiary/aromatic N) is 2. The number of amides is 2. The number of carbonyl (C=O) groups is 2. The molecule has 56 heavy (non-hydrogen) atoms. The van der Waals surface area contributed by atoms with Crippen molar-refractivity contribution < 1.29 is 33.3 Å². The molecule has 0 aliphatic heterocycles. The zero-order valence-corrected chi connectivity index (χ0v) is 32.9. The topological polar surface area (TPSA) is 182 Å². The summed E-state index contributed by atoms with van der Waals surface area (Å²) in [6.07, 6.45) is 3.96. The first-order chi connectivity index (χ1) is 27.0. The lowest BCUT2D eigenvalue weighted by Gasteiger charge is -2.19. The average molecular weight is 761 g/mol. The molecule has 292 valence electrons. The van der Waals surface area contributed by atoms with Crippen LogP contribution in [-0.2, 0) is 11.3 Å². The third-order valence-electron chi connectivity index (χ3n) is 9.65. The molecule has 4 aromatic carbocycles. The number of pyridine rings is 2. The van der Waals surface area contributed by atoms with E-state index in [0.29, 0.717) is 68.9 Å². The molecule has 2 aromatic heterocycles. The van der Waals surface area contributed by atoms with E-state index in [4.69, 9.17) is 35.2 Å². The highest BCUT2D eigenvalue weighted by Gasteiger charge is 2.20. The van der Waals surface area contributed by atoms with Gasteiger partial charge in [0.2, 0.25) is 0 Å². The molecule has 0 fully saturated rings. The van der Waals surface area contributed by atoms with Gasteiger partial charge >= 0.3 is 0 Å². The van der Waals surface area contributed by atoms with Crippen molar-refractivity contribution in [3.05, 3.63) is 107 Å². The third kappa shape index (κ3) is 8.53. The van der Waals surface area contributed by atoms with Crippen molar-refractivity contribution in [3.8, 4) is 23.0 Å². The summed E-state index contributed by atoms with van der Waals surface area (Å²) in [6.45, 7) is 6.81. The zero-order valence-electron chi connectivity index (χ0n) is 32.9. The van der Waals surface area contributed by atoms with Crippen molar-refractivity contribution in [1.29, 1.82) is 0 Å². The molecule has 1 atom stereocenters. The number of ether oxygens (including phenoxy) is 5. The molecule has 13 heteroatoms. The van der Waals surface area contributed by atoms with Crippen LogP contribution in [0.5, 0.6) is 23.0 Å². The van der Waals surface area contributed by atoms with Crippen molar-refractivity contribution in [2.75, 3.05) is 46.2 Å². The maximum atomic E-state index is 12.1. The van der Waals surface area contributed by atoms with Crippen molar-refractivity contribution in [1.82, 2.24) is 9.97 Å². The van der Waals surface area contributed by atoms with Gasteiger partial charge in [0.05, 0.1) is 68.6 Å². The summed E-state index contributed by atoms with van der Waals surface area (Å²) in [5.74, 6) is 1.45. The molecule has 0 saturated carbocycles. The lowest BCUT2D eigenvalue weighted by atomic mass is 9.96. The molecule has 0 aliphatic rings. The van der Waals surface area contributed by atoms with Gasteiger partial charge in [-0.15, -0.1) is 0 Å². The van der Waals surface area contributed by atoms with Crippen molar-refractivity contribution in [2.45, 2.75) is 39.7 Å². The van der Waals surface area contributed by atoms with E-state index in [1.807, 2.05) is 49.4 Å². The predicted octanol–water partition coefficient (Wildman–Crippen LogP) is 8.16. The van der Waals surface area contributed by atoms with E-state index in [1.165, 1.54) is 18.0 Å². The second-order valence-corrected chi connectivity index (χ2v) is 12.9. The predicted molar refractivity (Wildman–Crippen MR) is 220 cm³/mol. The number of rotatable bonds is 14. The normalized spacial score (nSPS) is 11.3. The summed E-state index contributed by atoms with van der Waals surface area (Å²) < 4.78 is 26.8. The third-order valence-corrected chi connectivity index (χ3v) is 9.65. The minimum absolute atomic E-state index is 0.288. The van der Waals surface area contributed by atoms with Gasteiger partial charge < -0.3 is 45.8 Å². The van der Waals surface area contributed by atoms with E-state index >= 15 is 0 Å². The molecule has 0 saturated heterocycles. The van der Waals surface area contributed by atoms with E-state index in [-0.39, 0.29) is 5.56 Å². The molecule has 6 N–H and O–H groups in total. The minimum Gasteiger partial charge on any atom is -0.493 e. The Balaban J connectivity index is 0.000000214. The molecule has 0 radical (unpaired) electrons. The number of nitrogens with one attached hydrogen (secondary N) is 2. The number of primary amides is 2. The van der Waals surface area contributed by atoms with E-state index in [0.717, 1.165) is 34.3 Å². The highest BCUT2D eigenvalue weighted by molar-refractivity contribution is 6.09. The van der Waals surface area contributed by atoms with Gasteiger partial charge in [0.1, 0.15) is 0 Å². The van der Waals surface area contributed by atoms with E-state index in [2.05, 4.69) is 40.5 Å². The van der Waals surface area contributed by atoms with Crippen LogP contribution in [0.25, 0.3) is 21.8 Å². The summed E-state index contributed by atoms with van der Waals surface area (Å²) in [7, 11) is 7.91. The zero-order chi connectivity index (χ0) is 40.5. The Morgan fingerprint density at radius 3 is 1.61 bits per heavy atom. The summed E-state index contributed by atoms with van der Waals surface area (Å²) in [6, 6.07) is 21.1. The fourth-order valence-corrected chi connectivity index (χ4v) is 6.34. The van der Waals surface area contributed by atoms with Crippen LogP contribution in [0.1, 0.15) is 63.6 Å². The Labute approximate surface area is 326 Å². The lowest BCUT2D eigenvalue weighted by molar-refractivity contribution is 0.0992. The Hall–Kier alpha value is -6.60. The maximum absolute atomic E-state index is 12.1. The molecule has 6 aromatic rings. The fraction of sp³-hybridized carbons (Fsp3) is 0.256. The lowest BCUT2D eigenvalue weighted by Crippen LogP contribution is -2.14. The number of fused-ring (bicyclic) bond motifs is 2. The number of hydrogen-bond acceptors (Lipinski definition) is 11. The average Bonchev–Trinajstić information content (AvgIpc) is 3.21. The molecule has 2 amide bonds. The van der Waals surface area contributed by atoms with Crippen LogP contribution >= 0.6 is 0 Å². The molecule has 6 rings (SSSR count). The van der Waals surface area contributed by atoms with Gasteiger partial charge in [0, 0.05) is 53.8 Å². The summed E-state index contributed by atoms with van der Waals surface area (Å²) in [5.41, 5.74) is 19.4. The van der Waals surface area contributed by atoms with Crippen LogP contribution in [0, 0.1) is 6.92 Å². The Kier molecular flexibility index (Phi) is 13.2. The first-order valence-corrected chi connectivity index (χ1v) is 17.9. The molecule has 2 heterocycles. The van der Waals surface area contributed by atoms with Crippen LogP contribution in [0.2, 0.25) is 0 Å². The number of aromatic nitrogens is 2. The summed E-state index contributed by atoms with van der Waals surface area (Å²) in [5, 5.41) is 8.22. The number of methoxy groups -OCH3 is 5. The number of hydrogen-bond donors (Lipinski definition) is 4. The summed E-state index contributed by atoms with van der Waals surface area (Å²) >= 11 is 0. The highest BCUT2D eigenvalue weighted by atomic mass is 16.5. The second kappa shape index (κ2) is 18.2. The Morgan fingerprint density at radius 1 is 0.679 bits per heavy atom. The number of para-hydroxylation sites is 1. The van der Waals surface area contributed by atoms with E-state index in [9.17, 15) is 9.59 Å². The summed E-state index contributed by atoms with van der Waals surface area (Å²) in [4.78, 5) is 32.9. The van der Waals surface area contributed by atoms with Crippen LogP contribution in [0.4, 0.5) is 22.7 Å². The van der Waals surface area contributed by atoms with Crippen molar-refractivity contribution >= 4 is 56.4 Å². The quantitative estimate of drug-likeness (QED) is 0.0841. The SMILES string of the molecule is CCC(C)c1ccccc1Nc1c(C(N)=O)cnc2cc(OC)c(OC)cc12.COCc1cccc(Nc2c(C(N)=O)cnc3cc(OC)c(OC)cc23)c1C. The molecule has 0 spiro atoms. The monoisotopic (exact) mass is 760 g/mol. The highest BCUT2D eigenvalue weighted by Crippen LogP contribution is 2.40. The Bertz CT molecular complexity index is 2380. The Morgan fingerprint density at radius 2 is 1.14 bits per heavy atom. The molecular weight excluding hydrogens is 713 g/mol. The van der Waals surface area contributed by atoms with E-state index in [1.54, 1.807) is 53.7 Å². The fourth-order valence-electron chi connectivity index (χ4n) is 6.34. The van der Waals surface area contributed by atoms with Gasteiger partial charge in [-0.25, -0.2) is 0 Å². The standard InChI is InChI=1S/C22H25N3O3.C21H23N3O4/c1-5-13(2)14-8-6-7-9-17(14)25-21-15-10-19(27-3)20(28-4)11-18(15)24-12-16(21)22(23)26;1-12-13(11-26-2)6-5-7-16(12)24-20-14-8-18(27-3)19(28-4)9-17(14)23-10-15(20)21(22)25/h6-13H,5H2,1-4H3,(H2,23,26)(H,24,25);5-10H,11H2,1-4H3,(H2,22,25)(H,23,24). The molecule has 0 aliphatic carbocycles. The first kappa shape index (κ1) is 40.6. The number of anilines is 4. The molecule has 13 nitrogen and oxygen atoms in total. The number of carbonyl (C=O) groups excluding carboxylic acids is 2. The molecular formula is C43H48N6O7. The largest absolute Gasteiger partial charge is 0.493 e. The van der Waals surface area contributed by atoms with Crippen LogP contribution < -0.4 is 41.0 Å². The van der Waals surface area contributed by atoms with Crippen molar-refractivity contribution in [3.63, 3.8) is 0 Å². The van der Waals surface area contributed by atoms with Gasteiger partial charge in [0.15, 0.2) is 23.0 Å². The number of benzene rings is 4. The van der Waals surface area contributed by atoms with Crippen LogP contribution in [0.3, 0.4) is 0 Å². The van der Waals surface area contributed by atoms with Gasteiger partial charge in [-0.2, -0.15) is 0 Å².